The molecule has 0 radical (unpaired) electrons. The lowest BCUT2D eigenvalue weighted by Gasteiger charge is -2.24. The SMILES string of the molecule is COc1cc(C2C(C(=O)c3cc4cccc(OC)c4o3)=C(O)C(=O)N2c2nnc(SCc3ccccc3Cl)s2)ccc1OCc1ccccc1. The molecule has 7 rings (SSSR count). The second-order valence-corrected chi connectivity index (χ2v) is 13.7. The minimum atomic E-state index is -1.11. The van der Waals surface area contributed by atoms with Crippen LogP contribution in [0.5, 0.6) is 17.2 Å². The Hall–Kier alpha value is -5.30. The summed E-state index contributed by atoms with van der Waals surface area (Å²) in [7, 11) is 3.00. The number of methoxy groups -OCH3 is 2. The Labute approximate surface area is 299 Å². The second kappa shape index (κ2) is 14.3. The molecule has 13 heteroatoms. The molecule has 1 aliphatic heterocycles. The largest absolute Gasteiger partial charge is 0.503 e. The van der Waals surface area contributed by atoms with Crippen LogP contribution in [-0.4, -0.2) is 41.2 Å². The summed E-state index contributed by atoms with van der Waals surface area (Å²) in [6.45, 7) is 0.296. The van der Waals surface area contributed by atoms with Crippen LogP contribution in [0.2, 0.25) is 5.02 Å². The van der Waals surface area contributed by atoms with Crippen LogP contribution >= 0.6 is 34.7 Å². The molecule has 2 aromatic heterocycles. The van der Waals surface area contributed by atoms with E-state index in [1.54, 1.807) is 42.5 Å². The number of anilines is 1. The van der Waals surface area contributed by atoms with Gasteiger partial charge in [-0.1, -0.05) is 101 Å². The smallest absolute Gasteiger partial charge is 0.296 e. The molecule has 1 unspecified atom stereocenters. The first-order valence-electron chi connectivity index (χ1n) is 15.3. The number of hydrogen-bond donors (Lipinski definition) is 1. The van der Waals surface area contributed by atoms with Gasteiger partial charge in [-0.3, -0.25) is 14.5 Å². The van der Waals surface area contributed by atoms with E-state index in [1.165, 1.54) is 30.9 Å². The number of thioether (sulfide) groups is 1. The number of halogens is 1. The minimum absolute atomic E-state index is 0.0753. The summed E-state index contributed by atoms with van der Waals surface area (Å²) in [4.78, 5) is 29.4. The maximum Gasteiger partial charge on any atom is 0.296 e. The molecule has 1 atom stereocenters. The highest BCUT2D eigenvalue weighted by Gasteiger charge is 2.47. The number of aliphatic hydroxyl groups is 1. The van der Waals surface area contributed by atoms with Crippen LogP contribution < -0.4 is 19.1 Å². The van der Waals surface area contributed by atoms with Gasteiger partial charge in [0.1, 0.15) is 6.61 Å². The van der Waals surface area contributed by atoms with Gasteiger partial charge in [0, 0.05) is 16.2 Å². The molecule has 0 aliphatic carbocycles. The van der Waals surface area contributed by atoms with Gasteiger partial charge in [-0.05, 0) is 47.0 Å². The third kappa shape index (κ3) is 6.40. The highest BCUT2D eigenvalue weighted by molar-refractivity contribution is 8.00. The van der Waals surface area contributed by atoms with Crippen molar-refractivity contribution in [1.82, 2.24) is 10.2 Å². The number of amides is 1. The van der Waals surface area contributed by atoms with Gasteiger partial charge in [0.2, 0.25) is 10.9 Å². The molecule has 0 spiro atoms. The molecule has 50 heavy (non-hydrogen) atoms. The Kier molecular flexibility index (Phi) is 9.48. The Morgan fingerprint density at radius 1 is 0.940 bits per heavy atom. The summed E-state index contributed by atoms with van der Waals surface area (Å²) < 4.78 is 23.7. The summed E-state index contributed by atoms with van der Waals surface area (Å²) in [6.07, 6.45) is 0. The molecule has 1 N–H and O–H groups in total. The number of nitrogens with zero attached hydrogens (tertiary/aromatic N) is 3. The van der Waals surface area contributed by atoms with E-state index in [0.29, 0.717) is 55.5 Å². The highest BCUT2D eigenvalue weighted by Crippen LogP contribution is 2.46. The zero-order valence-corrected chi connectivity index (χ0v) is 29.1. The van der Waals surface area contributed by atoms with E-state index in [1.807, 2.05) is 54.6 Å². The van der Waals surface area contributed by atoms with E-state index in [0.717, 1.165) is 22.5 Å². The van der Waals surface area contributed by atoms with E-state index < -0.39 is 23.5 Å². The molecule has 10 nitrogen and oxygen atoms in total. The quantitative estimate of drug-likeness (QED) is 0.0745. The summed E-state index contributed by atoms with van der Waals surface area (Å²) in [5, 5.41) is 21.4. The Bertz CT molecular complexity index is 2250. The number of para-hydroxylation sites is 1. The van der Waals surface area contributed by atoms with Crippen LogP contribution in [0.25, 0.3) is 11.0 Å². The summed E-state index contributed by atoms with van der Waals surface area (Å²) >= 11 is 8.91. The van der Waals surface area contributed by atoms with Gasteiger partial charge >= 0.3 is 0 Å². The van der Waals surface area contributed by atoms with E-state index >= 15 is 0 Å². The zero-order chi connectivity index (χ0) is 34.8. The molecule has 3 heterocycles. The Morgan fingerprint density at radius 2 is 1.72 bits per heavy atom. The van der Waals surface area contributed by atoms with Gasteiger partial charge in [-0.25, -0.2) is 0 Å². The van der Waals surface area contributed by atoms with Crippen molar-refractivity contribution in [3.05, 3.63) is 136 Å². The number of furan rings is 1. The molecule has 0 saturated heterocycles. The normalized spacial score (nSPS) is 14.4. The number of carbonyl (C=O) groups is 2. The molecule has 1 aliphatic rings. The Morgan fingerprint density at radius 3 is 2.50 bits per heavy atom. The molecule has 0 saturated carbocycles. The highest BCUT2D eigenvalue weighted by atomic mass is 35.5. The lowest BCUT2D eigenvalue weighted by Crippen LogP contribution is -2.31. The molecule has 252 valence electrons. The number of aliphatic hydroxyl groups excluding tert-OH is 1. The number of ketones is 1. The van der Waals surface area contributed by atoms with Gasteiger partial charge in [0.25, 0.3) is 5.91 Å². The summed E-state index contributed by atoms with van der Waals surface area (Å²) in [5.41, 5.74) is 2.52. The number of aromatic nitrogens is 2. The summed E-state index contributed by atoms with van der Waals surface area (Å²) in [6, 6.07) is 28.0. The van der Waals surface area contributed by atoms with E-state index in [9.17, 15) is 14.7 Å². The van der Waals surface area contributed by atoms with Gasteiger partial charge in [0.05, 0.1) is 25.8 Å². The van der Waals surface area contributed by atoms with Crippen LogP contribution in [0.4, 0.5) is 5.13 Å². The molecular weight excluding hydrogens is 698 g/mol. The average molecular weight is 726 g/mol. The fraction of sp³-hybridized carbons (Fsp3) is 0.135. The lowest BCUT2D eigenvalue weighted by atomic mass is 9.95. The topological polar surface area (TPSA) is 124 Å². The number of Topliss-reactive ketones (excluding diaryl/α,β-unsaturated/α-hetero) is 1. The molecule has 4 aromatic carbocycles. The fourth-order valence-corrected chi connectivity index (χ4v) is 7.77. The van der Waals surface area contributed by atoms with E-state index in [4.69, 9.17) is 30.2 Å². The van der Waals surface area contributed by atoms with Crippen molar-refractivity contribution in [3.8, 4) is 17.2 Å². The van der Waals surface area contributed by atoms with Gasteiger partial charge in [0.15, 0.2) is 38.7 Å². The molecule has 0 fully saturated rings. The van der Waals surface area contributed by atoms with Crippen molar-refractivity contribution in [2.45, 2.75) is 22.7 Å². The first-order chi connectivity index (χ1) is 24.4. The third-order valence-corrected chi connectivity index (χ3v) is 10.5. The first-order valence-corrected chi connectivity index (χ1v) is 17.5. The van der Waals surface area contributed by atoms with Crippen molar-refractivity contribution >= 4 is 62.5 Å². The van der Waals surface area contributed by atoms with Crippen molar-refractivity contribution in [3.63, 3.8) is 0 Å². The van der Waals surface area contributed by atoms with Gasteiger partial charge in [-0.2, -0.15) is 0 Å². The molecule has 1 amide bonds. The predicted octanol–water partition coefficient (Wildman–Crippen LogP) is 8.61. The number of carbonyl (C=O) groups excluding carboxylic acids is 2. The van der Waals surface area contributed by atoms with Crippen molar-refractivity contribution in [2.24, 2.45) is 0 Å². The number of benzene rings is 4. The molecule has 6 aromatic rings. The lowest BCUT2D eigenvalue weighted by molar-refractivity contribution is -0.117. The van der Waals surface area contributed by atoms with Crippen LogP contribution in [-0.2, 0) is 17.2 Å². The zero-order valence-electron chi connectivity index (χ0n) is 26.7. The monoisotopic (exact) mass is 725 g/mol. The third-order valence-electron chi connectivity index (χ3n) is 8.06. The van der Waals surface area contributed by atoms with Crippen LogP contribution in [0, 0.1) is 0 Å². The van der Waals surface area contributed by atoms with Crippen molar-refractivity contribution in [1.29, 1.82) is 0 Å². The second-order valence-electron chi connectivity index (χ2n) is 11.1. The summed E-state index contributed by atoms with van der Waals surface area (Å²) in [5.74, 6) is -0.508. The van der Waals surface area contributed by atoms with Crippen LogP contribution in [0.3, 0.4) is 0 Å². The predicted molar refractivity (Wildman–Crippen MR) is 192 cm³/mol. The van der Waals surface area contributed by atoms with Crippen molar-refractivity contribution in [2.75, 3.05) is 19.1 Å². The van der Waals surface area contributed by atoms with E-state index in [-0.39, 0.29) is 16.5 Å². The number of fused-ring (bicyclic) bond motifs is 1. The first kappa shape index (κ1) is 33.2. The van der Waals surface area contributed by atoms with Crippen LogP contribution in [0.15, 0.2) is 117 Å². The van der Waals surface area contributed by atoms with Crippen molar-refractivity contribution < 1.29 is 33.3 Å². The molecular formula is C37H28ClN3O7S2. The maximum atomic E-state index is 14.3. The number of ether oxygens (including phenoxy) is 3. The maximum absolute atomic E-state index is 14.3. The average Bonchev–Trinajstić information content (AvgIpc) is 3.86. The Balaban J connectivity index is 1.26. The number of hydrogen-bond acceptors (Lipinski definition) is 11. The number of rotatable bonds is 12. The van der Waals surface area contributed by atoms with Crippen LogP contribution in [0.1, 0.15) is 33.3 Å². The molecule has 0 bridgehead atoms. The van der Waals surface area contributed by atoms with Gasteiger partial charge < -0.3 is 23.7 Å². The van der Waals surface area contributed by atoms with E-state index in [2.05, 4.69) is 10.2 Å². The van der Waals surface area contributed by atoms with Gasteiger partial charge in [-0.15, -0.1) is 10.2 Å². The standard InChI is InChI=1S/C37H28ClN3O7S2/c1-45-27-14-8-12-23-18-29(48-34(23)27)32(42)30-31(22-15-16-26(28(17-22)46-2)47-19-21-9-4-3-5-10-21)41(35(44)33(30)43)36-39-40-37(50-36)49-20-24-11-6-7-13-25(24)38/h3-18,31,43H,19-20H2,1-2H3. The minimum Gasteiger partial charge on any atom is -0.503 e. The fourth-order valence-electron chi connectivity index (χ4n) is 5.61.